The zero-order chi connectivity index (χ0) is 17.8. The van der Waals surface area contributed by atoms with Crippen LogP contribution in [0.1, 0.15) is 22.5 Å². The summed E-state index contributed by atoms with van der Waals surface area (Å²) in [7, 11) is 1.60. The molecule has 2 aliphatic rings. The summed E-state index contributed by atoms with van der Waals surface area (Å²) in [5.74, 6) is -0.212. The number of amides is 2. The number of hydrogen-bond acceptors (Lipinski definition) is 5. The van der Waals surface area contributed by atoms with E-state index >= 15 is 0 Å². The van der Waals surface area contributed by atoms with Gasteiger partial charge in [0.05, 0.1) is 24.2 Å². The van der Waals surface area contributed by atoms with E-state index < -0.39 is 0 Å². The van der Waals surface area contributed by atoms with Crippen LogP contribution in [-0.4, -0.2) is 67.8 Å². The zero-order valence-electron chi connectivity index (χ0n) is 14.7. The molecule has 3 atom stereocenters. The number of nitrogens with one attached hydrogen (secondary N) is 1. The molecule has 2 fully saturated rings. The summed E-state index contributed by atoms with van der Waals surface area (Å²) < 4.78 is 10.8. The van der Waals surface area contributed by atoms with Crippen LogP contribution in [0.5, 0.6) is 0 Å². The van der Waals surface area contributed by atoms with Gasteiger partial charge >= 0.3 is 0 Å². The van der Waals surface area contributed by atoms with E-state index in [1.54, 1.807) is 24.3 Å². The van der Waals surface area contributed by atoms with Crippen LogP contribution in [0.15, 0.2) is 18.3 Å². The van der Waals surface area contributed by atoms with Crippen molar-refractivity contribution in [1.29, 1.82) is 0 Å². The number of methoxy groups -OCH3 is 1. The van der Waals surface area contributed by atoms with Gasteiger partial charge in [0.15, 0.2) is 0 Å². The number of likely N-dealkylation sites (tertiary alicyclic amines) is 1. The molecular formula is C18H25N3O4. The SMILES string of the molecule is COCCNC(=O)[C@H]1CN(C(=O)c2ccc(C)nc2)C[C@H]2OCC[C@@H]12. The van der Waals surface area contributed by atoms with E-state index in [4.69, 9.17) is 9.47 Å². The third-order valence-corrected chi connectivity index (χ3v) is 4.98. The van der Waals surface area contributed by atoms with Crippen LogP contribution < -0.4 is 5.32 Å². The van der Waals surface area contributed by atoms with Crippen LogP contribution in [0.4, 0.5) is 0 Å². The van der Waals surface area contributed by atoms with Crippen molar-refractivity contribution >= 4 is 11.8 Å². The first-order valence-corrected chi connectivity index (χ1v) is 8.70. The fraction of sp³-hybridized carbons (Fsp3) is 0.611. The number of carbonyl (C=O) groups is 2. The minimum absolute atomic E-state index is 0.0305. The molecule has 2 aliphatic heterocycles. The minimum Gasteiger partial charge on any atom is -0.383 e. The van der Waals surface area contributed by atoms with Gasteiger partial charge in [-0.3, -0.25) is 14.6 Å². The Labute approximate surface area is 147 Å². The molecule has 7 heteroatoms. The highest BCUT2D eigenvalue weighted by atomic mass is 16.5. The molecule has 0 unspecified atom stereocenters. The van der Waals surface area contributed by atoms with E-state index in [2.05, 4.69) is 10.3 Å². The standard InChI is InChI=1S/C18H25N3O4/c1-12-3-4-13(9-20-12)18(23)21-10-15(17(22)19-6-8-24-2)14-5-7-25-16(14)11-21/h3-4,9,14-16H,5-8,10-11H2,1-2H3,(H,19,22)/t14-,15-,16+/m0/s1. The molecule has 0 bridgehead atoms. The lowest BCUT2D eigenvalue weighted by atomic mass is 9.82. The lowest BCUT2D eigenvalue weighted by Gasteiger charge is -2.39. The number of piperidine rings is 1. The molecule has 3 heterocycles. The van der Waals surface area contributed by atoms with E-state index in [-0.39, 0.29) is 29.8 Å². The minimum atomic E-state index is -0.250. The number of aryl methyl sites for hydroxylation is 1. The molecule has 7 nitrogen and oxygen atoms in total. The lowest BCUT2D eigenvalue weighted by Crippen LogP contribution is -2.54. The van der Waals surface area contributed by atoms with Crippen molar-refractivity contribution in [2.75, 3.05) is 40.0 Å². The van der Waals surface area contributed by atoms with E-state index in [9.17, 15) is 9.59 Å². The van der Waals surface area contributed by atoms with E-state index in [1.807, 2.05) is 13.0 Å². The highest BCUT2D eigenvalue weighted by Gasteiger charge is 2.45. The van der Waals surface area contributed by atoms with Crippen LogP contribution in [0.3, 0.4) is 0 Å². The van der Waals surface area contributed by atoms with E-state index in [0.717, 1.165) is 12.1 Å². The number of fused-ring (bicyclic) bond motifs is 1. The Morgan fingerprint density at radius 3 is 2.96 bits per heavy atom. The Balaban J connectivity index is 1.72. The summed E-state index contributed by atoms with van der Waals surface area (Å²) >= 11 is 0. The van der Waals surface area contributed by atoms with Crippen molar-refractivity contribution < 1.29 is 19.1 Å². The molecule has 1 aromatic rings. The van der Waals surface area contributed by atoms with Crippen LogP contribution in [-0.2, 0) is 14.3 Å². The topological polar surface area (TPSA) is 80.8 Å². The molecular weight excluding hydrogens is 322 g/mol. The lowest BCUT2D eigenvalue weighted by molar-refractivity contribution is -0.130. The molecule has 0 aromatic carbocycles. The Bertz CT molecular complexity index is 619. The van der Waals surface area contributed by atoms with Gasteiger partial charge in [-0.05, 0) is 25.5 Å². The number of aromatic nitrogens is 1. The maximum absolute atomic E-state index is 12.8. The van der Waals surface area contributed by atoms with Crippen LogP contribution in [0.25, 0.3) is 0 Å². The predicted molar refractivity (Wildman–Crippen MR) is 91.1 cm³/mol. The number of hydrogen-bond donors (Lipinski definition) is 1. The highest BCUT2D eigenvalue weighted by molar-refractivity contribution is 5.94. The van der Waals surface area contributed by atoms with Crippen LogP contribution in [0, 0.1) is 18.8 Å². The first-order chi connectivity index (χ1) is 12.1. The summed E-state index contributed by atoms with van der Waals surface area (Å²) in [6.07, 6.45) is 2.38. The molecule has 25 heavy (non-hydrogen) atoms. The van der Waals surface area contributed by atoms with E-state index in [0.29, 0.717) is 38.4 Å². The van der Waals surface area contributed by atoms with Crippen molar-refractivity contribution in [1.82, 2.24) is 15.2 Å². The average Bonchev–Trinajstić information content (AvgIpc) is 3.09. The second kappa shape index (κ2) is 7.93. The van der Waals surface area contributed by atoms with Gasteiger partial charge in [0.25, 0.3) is 5.91 Å². The first-order valence-electron chi connectivity index (χ1n) is 8.70. The van der Waals surface area contributed by atoms with Crippen molar-refractivity contribution in [2.24, 2.45) is 11.8 Å². The van der Waals surface area contributed by atoms with Gasteiger partial charge in [0.2, 0.25) is 5.91 Å². The van der Waals surface area contributed by atoms with Gasteiger partial charge in [0.1, 0.15) is 0 Å². The maximum atomic E-state index is 12.8. The Morgan fingerprint density at radius 1 is 1.40 bits per heavy atom. The van der Waals surface area contributed by atoms with E-state index in [1.165, 1.54) is 0 Å². The highest BCUT2D eigenvalue weighted by Crippen LogP contribution is 2.34. The second-order valence-corrected chi connectivity index (χ2v) is 6.65. The zero-order valence-corrected chi connectivity index (χ0v) is 14.7. The van der Waals surface area contributed by atoms with Gasteiger partial charge in [-0.15, -0.1) is 0 Å². The summed E-state index contributed by atoms with van der Waals surface area (Å²) in [6.45, 7) is 4.41. The summed E-state index contributed by atoms with van der Waals surface area (Å²) in [5, 5.41) is 2.90. The molecule has 0 spiro atoms. The number of ether oxygens (including phenoxy) is 2. The normalized spacial score (nSPS) is 25.5. The quantitative estimate of drug-likeness (QED) is 0.790. The molecule has 0 radical (unpaired) electrons. The summed E-state index contributed by atoms with van der Waals surface area (Å²) in [6, 6.07) is 3.60. The number of carbonyl (C=O) groups excluding carboxylic acids is 2. The smallest absolute Gasteiger partial charge is 0.255 e. The van der Waals surface area contributed by atoms with Gasteiger partial charge in [0, 0.05) is 51.2 Å². The maximum Gasteiger partial charge on any atom is 0.255 e. The first kappa shape index (κ1) is 17.8. The molecule has 0 saturated carbocycles. The molecule has 136 valence electrons. The van der Waals surface area contributed by atoms with Gasteiger partial charge in [-0.2, -0.15) is 0 Å². The third-order valence-electron chi connectivity index (χ3n) is 4.98. The van der Waals surface area contributed by atoms with Crippen molar-refractivity contribution in [2.45, 2.75) is 19.4 Å². The fourth-order valence-corrected chi connectivity index (χ4v) is 3.61. The molecule has 2 saturated heterocycles. The van der Waals surface area contributed by atoms with Gasteiger partial charge < -0.3 is 19.7 Å². The Morgan fingerprint density at radius 2 is 2.24 bits per heavy atom. The molecule has 2 amide bonds. The van der Waals surface area contributed by atoms with Crippen LogP contribution in [0.2, 0.25) is 0 Å². The molecule has 3 rings (SSSR count). The average molecular weight is 347 g/mol. The second-order valence-electron chi connectivity index (χ2n) is 6.65. The predicted octanol–water partition coefficient (Wildman–Crippen LogP) is 0.630. The number of pyridine rings is 1. The number of rotatable bonds is 5. The van der Waals surface area contributed by atoms with Crippen molar-refractivity contribution in [3.05, 3.63) is 29.6 Å². The summed E-state index contributed by atoms with van der Waals surface area (Å²) in [5.41, 5.74) is 1.41. The van der Waals surface area contributed by atoms with Crippen LogP contribution >= 0.6 is 0 Å². The largest absolute Gasteiger partial charge is 0.383 e. The molecule has 1 N–H and O–H groups in total. The fourth-order valence-electron chi connectivity index (χ4n) is 3.61. The third kappa shape index (κ3) is 3.99. The van der Waals surface area contributed by atoms with Crippen molar-refractivity contribution in [3.8, 4) is 0 Å². The summed E-state index contributed by atoms with van der Waals surface area (Å²) in [4.78, 5) is 31.3. The van der Waals surface area contributed by atoms with Gasteiger partial charge in [-0.25, -0.2) is 0 Å². The monoisotopic (exact) mass is 347 g/mol. The molecule has 0 aliphatic carbocycles. The number of nitrogens with zero attached hydrogens (tertiary/aromatic N) is 2. The Hall–Kier alpha value is -1.99. The van der Waals surface area contributed by atoms with Crippen molar-refractivity contribution in [3.63, 3.8) is 0 Å². The Kier molecular flexibility index (Phi) is 5.65. The molecule has 1 aromatic heterocycles. The van der Waals surface area contributed by atoms with Gasteiger partial charge in [-0.1, -0.05) is 0 Å².